The summed E-state index contributed by atoms with van der Waals surface area (Å²) in [5.74, 6) is 0.251. The first kappa shape index (κ1) is 26.7. The fourth-order valence-electron chi connectivity index (χ4n) is 3.69. The summed E-state index contributed by atoms with van der Waals surface area (Å²) in [4.78, 5) is 18.6. The Morgan fingerprint density at radius 2 is 1.80 bits per heavy atom. The predicted octanol–water partition coefficient (Wildman–Crippen LogP) is 5.30. The summed E-state index contributed by atoms with van der Waals surface area (Å²) >= 11 is 0. The van der Waals surface area contributed by atoms with E-state index in [1.807, 2.05) is 34.6 Å². The van der Waals surface area contributed by atoms with Gasteiger partial charge in [-0.1, -0.05) is 13.8 Å². The van der Waals surface area contributed by atoms with Gasteiger partial charge < -0.3 is 14.1 Å². The van der Waals surface area contributed by atoms with Crippen molar-refractivity contribution in [3.05, 3.63) is 60.6 Å². The van der Waals surface area contributed by atoms with E-state index in [1.165, 1.54) is 10.6 Å². The average Bonchev–Trinajstić information content (AvgIpc) is 3.25. The smallest absolute Gasteiger partial charge is 0.410 e. The quantitative estimate of drug-likeness (QED) is 0.374. The van der Waals surface area contributed by atoms with Gasteiger partial charge in [0, 0.05) is 44.0 Å². The van der Waals surface area contributed by atoms with Crippen LogP contribution in [0.1, 0.15) is 46.6 Å². The number of amides is 1. The molecule has 0 unspecified atom stereocenters. The van der Waals surface area contributed by atoms with E-state index in [4.69, 9.17) is 9.15 Å². The molecule has 0 radical (unpaired) electrons. The zero-order valence-corrected chi connectivity index (χ0v) is 21.9. The predicted molar refractivity (Wildman–Crippen MR) is 135 cm³/mol. The Morgan fingerprint density at radius 3 is 2.46 bits per heavy atom. The van der Waals surface area contributed by atoms with Gasteiger partial charge in [-0.15, -0.1) is 0 Å². The SMILES string of the molecule is CC(C)CN(CCCN(Cc1ccncc1)S(=O)(=O)c1ccc2occc2c1)C(=O)OC(C)(C)C. The number of carbonyl (C=O) groups excluding carboxylic acids is 1. The highest BCUT2D eigenvalue weighted by atomic mass is 32.2. The van der Waals surface area contributed by atoms with Gasteiger partial charge in [0.1, 0.15) is 11.2 Å². The Bertz CT molecular complexity index is 1220. The van der Waals surface area contributed by atoms with Crippen molar-refractivity contribution < 1.29 is 22.4 Å². The van der Waals surface area contributed by atoms with Crippen LogP contribution in [-0.2, 0) is 21.3 Å². The van der Waals surface area contributed by atoms with E-state index in [0.717, 1.165) is 10.9 Å². The van der Waals surface area contributed by atoms with Crippen LogP contribution >= 0.6 is 0 Å². The summed E-state index contributed by atoms with van der Waals surface area (Å²) in [6.07, 6.45) is 4.90. The second kappa shape index (κ2) is 11.2. The third-order valence-electron chi connectivity index (χ3n) is 5.24. The first-order chi connectivity index (χ1) is 16.5. The van der Waals surface area contributed by atoms with Gasteiger partial charge in [-0.25, -0.2) is 13.2 Å². The number of pyridine rings is 1. The van der Waals surface area contributed by atoms with Gasteiger partial charge in [-0.2, -0.15) is 4.31 Å². The Morgan fingerprint density at radius 1 is 1.09 bits per heavy atom. The largest absolute Gasteiger partial charge is 0.464 e. The van der Waals surface area contributed by atoms with Gasteiger partial charge in [-0.05, 0) is 75.1 Å². The number of hydrogen-bond acceptors (Lipinski definition) is 6. The van der Waals surface area contributed by atoms with Crippen molar-refractivity contribution >= 4 is 27.1 Å². The molecular weight excluding hydrogens is 466 g/mol. The number of nitrogens with zero attached hydrogens (tertiary/aromatic N) is 3. The van der Waals surface area contributed by atoms with Crippen molar-refractivity contribution in [1.29, 1.82) is 0 Å². The lowest BCUT2D eigenvalue weighted by molar-refractivity contribution is 0.0224. The van der Waals surface area contributed by atoms with Gasteiger partial charge in [-0.3, -0.25) is 4.98 Å². The number of sulfonamides is 1. The normalized spacial score (nSPS) is 12.4. The van der Waals surface area contributed by atoms with E-state index in [9.17, 15) is 13.2 Å². The topological polar surface area (TPSA) is 93.0 Å². The van der Waals surface area contributed by atoms with Gasteiger partial charge >= 0.3 is 6.09 Å². The first-order valence-electron chi connectivity index (χ1n) is 11.8. The highest BCUT2D eigenvalue weighted by Gasteiger charge is 2.27. The zero-order chi connectivity index (χ0) is 25.6. The fraction of sp³-hybridized carbons (Fsp3) is 0.462. The standard InChI is InChI=1S/C26H35N3O5S/c1-20(2)18-28(25(30)34-26(3,4)5)14-6-15-29(19-21-9-12-27-13-10-21)35(31,32)23-7-8-24-22(17-23)11-16-33-24/h7-13,16-17,20H,6,14-15,18-19H2,1-5H3. The van der Waals surface area contributed by atoms with E-state index in [2.05, 4.69) is 4.98 Å². The Balaban J connectivity index is 1.80. The summed E-state index contributed by atoms with van der Waals surface area (Å²) in [6, 6.07) is 10.2. The molecule has 3 rings (SSSR count). The zero-order valence-electron chi connectivity index (χ0n) is 21.1. The van der Waals surface area contributed by atoms with Crippen LogP contribution in [0.4, 0.5) is 4.79 Å². The molecule has 190 valence electrons. The number of fused-ring (bicyclic) bond motifs is 1. The molecule has 35 heavy (non-hydrogen) atoms. The fourth-order valence-corrected chi connectivity index (χ4v) is 5.20. The van der Waals surface area contributed by atoms with Gasteiger partial charge in [0.2, 0.25) is 10.0 Å². The lowest BCUT2D eigenvalue weighted by Crippen LogP contribution is -2.41. The van der Waals surface area contributed by atoms with Crippen LogP contribution in [0.3, 0.4) is 0 Å². The molecule has 8 nitrogen and oxygen atoms in total. The number of carbonyl (C=O) groups is 1. The van der Waals surface area contributed by atoms with Crippen LogP contribution in [0.2, 0.25) is 0 Å². The molecule has 3 aromatic rings. The number of benzene rings is 1. The van der Waals surface area contributed by atoms with Crippen molar-refractivity contribution in [2.24, 2.45) is 5.92 Å². The molecule has 0 saturated heterocycles. The molecule has 9 heteroatoms. The summed E-state index contributed by atoms with van der Waals surface area (Å²) in [5.41, 5.74) is 0.861. The van der Waals surface area contributed by atoms with Crippen molar-refractivity contribution in [2.45, 2.75) is 58.1 Å². The molecule has 0 bridgehead atoms. The van der Waals surface area contributed by atoms with E-state index in [0.29, 0.717) is 25.1 Å². The van der Waals surface area contributed by atoms with Gasteiger partial charge in [0.25, 0.3) is 0 Å². The third-order valence-corrected chi connectivity index (χ3v) is 7.08. The molecule has 0 atom stereocenters. The highest BCUT2D eigenvalue weighted by molar-refractivity contribution is 7.89. The lowest BCUT2D eigenvalue weighted by atomic mass is 10.2. The van der Waals surface area contributed by atoms with Crippen LogP contribution in [0.25, 0.3) is 11.0 Å². The van der Waals surface area contributed by atoms with E-state index >= 15 is 0 Å². The van der Waals surface area contributed by atoms with Crippen LogP contribution < -0.4 is 0 Å². The second-order valence-corrected chi connectivity index (χ2v) is 11.9. The average molecular weight is 502 g/mol. The lowest BCUT2D eigenvalue weighted by Gasteiger charge is -2.29. The van der Waals surface area contributed by atoms with Gasteiger partial charge in [0.15, 0.2) is 0 Å². The summed E-state index contributed by atoms with van der Waals surface area (Å²) < 4.78 is 39.7. The first-order valence-corrected chi connectivity index (χ1v) is 13.2. The molecule has 2 heterocycles. The number of rotatable bonds is 10. The number of ether oxygens (including phenoxy) is 1. The highest BCUT2D eigenvalue weighted by Crippen LogP contribution is 2.24. The maximum Gasteiger partial charge on any atom is 0.410 e. The Hall–Kier alpha value is -2.91. The minimum Gasteiger partial charge on any atom is -0.464 e. The molecule has 0 fully saturated rings. The molecule has 0 spiro atoms. The molecule has 0 aliphatic rings. The van der Waals surface area contributed by atoms with Crippen LogP contribution in [0.15, 0.2) is 64.4 Å². The second-order valence-electron chi connectivity index (χ2n) is 9.99. The van der Waals surface area contributed by atoms with Crippen molar-refractivity contribution in [1.82, 2.24) is 14.2 Å². The summed E-state index contributed by atoms with van der Waals surface area (Å²) in [6.45, 7) is 10.9. The minimum absolute atomic E-state index is 0.199. The van der Waals surface area contributed by atoms with Gasteiger partial charge in [0.05, 0.1) is 11.2 Å². The number of hydrogen-bond donors (Lipinski definition) is 0. The Kier molecular flexibility index (Phi) is 8.56. The van der Waals surface area contributed by atoms with E-state index in [1.54, 1.807) is 53.7 Å². The maximum absolute atomic E-state index is 13.7. The molecule has 1 aromatic carbocycles. The Labute approximate surface area is 207 Å². The van der Waals surface area contributed by atoms with Crippen molar-refractivity contribution in [2.75, 3.05) is 19.6 Å². The molecule has 0 N–H and O–H groups in total. The van der Waals surface area contributed by atoms with Crippen LogP contribution in [0.5, 0.6) is 0 Å². The molecule has 1 amide bonds. The number of aromatic nitrogens is 1. The van der Waals surface area contributed by atoms with Crippen LogP contribution in [-0.4, -0.2) is 53.9 Å². The summed E-state index contributed by atoms with van der Waals surface area (Å²) in [7, 11) is -3.80. The molecular formula is C26H35N3O5S. The van der Waals surface area contributed by atoms with E-state index < -0.39 is 15.6 Å². The summed E-state index contributed by atoms with van der Waals surface area (Å²) in [5, 5.41) is 0.725. The van der Waals surface area contributed by atoms with E-state index in [-0.39, 0.29) is 30.0 Å². The monoisotopic (exact) mass is 501 g/mol. The minimum atomic E-state index is -3.80. The van der Waals surface area contributed by atoms with Crippen molar-refractivity contribution in [3.63, 3.8) is 0 Å². The molecule has 0 saturated carbocycles. The maximum atomic E-state index is 13.7. The van der Waals surface area contributed by atoms with Crippen molar-refractivity contribution in [3.8, 4) is 0 Å². The third kappa shape index (κ3) is 7.53. The molecule has 0 aliphatic heterocycles. The number of furan rings is 1. The molecule has 2 aromatic heterocycles. The van der Waals surface area contributed by atoms with Crippen LogP contribution in [0, 0.1) is 5.92 Å². The molecule has 0 aliphatic carbocycles.